The molecule has 1 heterocycles. The predicted molar refractivity (Wildman–Crippen MR) is 113 cm³/mol. The maximum absolute atomic E-state index is 13.0. The maximum atomic E-state index is 13.0. The van der Waals surface area contributed by atoms with Crippen LogP contribution in [-0.4, -0.2) is 30.5 Å². The Kier molecular flexibility index (Phi) is 5.38. The Bertz CT molecular complexity index is 1180. The highest BCUT2D eigenvalue weighted by Gasteiger charge is 2.26. The molecule has 3 N–H and O–H groups in total. The number of carboxylic acid groups (broad SMARTS) is 1. The monoisotopic (exact) mass is 432 g/mol. The van der Waals surface area contributed by atoms with Gasteiger partial charge >= 0.3 is 5.97 Å². The van der Waals surface area contributed by atoms with Gasteiger partial charge in [-0.1, -0.05) is 55.1 Å². The van der Waals surface area contributed by atoms with Gasteiger partial charge in [-0.15, -0.1) is 0 Å². The van der Waals surface area contributed by atoms with E-state index in [-0.39, 0.29) is 21.5 Å². The van der Waals surface area contributed by atoms with Gasteiger partial charge in [0.2, 0.25) is 10.0 Å². The molecule has 0 spiro atoms. The molecule has 1 aliphatic rings. The molecule has 1 aliphatic carbocycles. The van der Waals surface area contributed by atoms with Crippen molar-refractivity contribution in [3.05, 3.63) is 53.1 Å². The number of hydrogen-bond donors (Lipinski definition) is 3. The van der Waals surface area contributed by atoms with Crippen molar-refractivity contribution in [1.82, 2.24) is 9.71 Å². The van der Waals surface area contributed by atoms with Crippen LogP contribution in [0.1, 0.15) is 42.5 Å². The summed E-state index contributed by atoms with van der Waals surface area (Å²) in [5.41, 5.74) is 1.57. The maximum Gasteiger partial charge on any atom is 0.338 e. The first kappa shape index (κ1) is 19.9. The lowest BCUT2D eigenvalue weighted by Crippen LogP contribution is -2.36. The fourth-order valence-corrected chi connectivity index (χ4v) is 5.78. The summed E-state index contributed by atoms with van der Waals surface area (Å²) in [7, 11) is -3.83. The quantitative estimate of drug-likeness (QED) is 0.539. The first-order chi connectivity index (χ1) is 13.9. The average molecular weight is 433 g/mol. The molecule has 0 saturated heterocycles. The van der Waals surface area contributed by atoms with Crippen LogP contribution in [0.4, 0.5) is 0 Å². The first-order valence-electron chi connectivity index (χ1n) is 9.53. The third kappa shape index (κ3) is 3.90. The molecule has 0 aliphatic heterocycles. The summed E-state index contributed by atoms with van der Waals surface area (Å²) < 4.78 is 28.7. The number of aromatic amines is 1. The lowest BCUT2D eigenvalue weighted by atomic mass is 9.96. The molecule has 8 heteroatoms. The van der Waals surface area contributed by atoms with Crippen LogP contribution in [0.3, 0.4) is 0 Å². The highest BCUT2D eigenvalue weighted by Crippen LogP contribution is 2.34. The zero-order chi connectivity index (χ0) is 20.6. The number of aromatic nitrogens is 1. The number of nitrogens with one attached hydrogen (secondary N) is 2. The number of halogens is 1. The number of rotatable bonds is 5. The minimum absolute atomic E-state index is 0.0442. The Balaban J connectivity index is 1.79. The fourth-order valence-electron chi connectivity index (χ4n) is 3.95. The van der Waals surface area contributed by atoms with Crippen molar-refractivity contribution in [3.63, 3.8) is 0 Å². The second kappa shape index (κ2) is 7.82. The Morgan fingerprint density at radius 2 is 1.83 bits per heavy atom. The summed E-state index contributed by atoms with van der Waals surface area (Å²) in [5, 5.41) is 10.4. The summed E-state index contributed by atoms with van der Waals surface area (Å²) in [5.74, 6) is -1.09. The van der Waals surface area contributed by atoms with Crippen LogP contribution in [0.15, 0.2) is 47.4 Å². The standard InChI is InChI=1S/C21H21ClN2O4S/c22-16-11-10-13(12-18(16)29(27,28)24-14-6-2-1-3-7-14)20-19(21(25)26)15-8-4-5-9-17(15)23-20/h4-5,8-12,14,23-24H,1-3,6-7H2,(H,25,26). The van der Waals surface area contributed by atoms with E-state index in [0.717, 1.165) is 32.1 Å². The van der Waals surface area contributed by atoms with Crippen molar-refractivity contribution < 1.29 is 18.3 Å². The van der Waals surface area contributed by atoms with Crippen molar-refractivity contribution in [2.24, 2.45) is 0 Å². The molecule has 0 bridgehead atoms. The van der Waals surface area contributed by atoms with E-state index in [0.29, 0.717) is 22.2 Å². The highest BCUT2D eigenvalue weighted by molar-refractivity contribution is 7.89. The second-order valence-electron chi connectivity index (χ2n) is 7.33. The van der Waals surface area contributed by atoms with E-state index < -0.39 is 16.0 Å². The highest BCUT2D eigenvalue weighted by atomic mass is 35.5. The number of carboxylic acids is 1. The number of hydrogen-bond acceptors (Lipinski definition) is 3. The van der Waals surface area contributed by atoms with E-state index in [1.807, 2.05) is 0 Å². The van der Waals surface area contributed by atoms with Crippen molar-refractivity contribution in [3.8, 4) is 11.3 Å². The van der Waals surface area contributed by atoms with Gasteiger partial charge in [-0.25, -0.2) is 17.9 Å². The molecule has 1 aromatic heterocycles. The number of carbonyl (C=O) groups is 1. The van der Waals surface area contributed by atoms with Crippen molar-refractivity contribution in [2.45, 2.75) is 43.0 Å². The van der Waals surface area contributed by atoms with Gasteiger partial charge in [-0.05, 0) is 31.0 Å². The number of fused-ring (bicyclic) bond motifs is 1. The van der Waals surface area contributed by atoms with E-state index >= 15 is 0 Å². The number of aromatic carboxylic acids is 1. The van der Waals surface area contributed by atoms with Crippen molar-refractivity contribution in [1.29, 1.82) is 0 Å². The van der Waals surface area contributed by atoms with Crippen LogP contribution >= 0.6 is 11.6 Å². The van der Waals surface area contributed by atoms with Gasteiger partial charge < -0.3 is 10.1 Å². The molecule has 152 valence electrons. The van der Waals surface area contributed by atoms with E-state index in [1.54, 1.807) is 30.3 Å². The molecule has 1 fully saturated rings. The SMILES string of the molecule is O=C(O)c1c(-c2ccc(Cl)c(S(=O)(=O)NC3CCCCC3)c2)[nH]c2ccccc12. The van der Waals surface area contributed by atoms with Crippen LogP contribution in [0.25, 0.3) is 22.2 Å². The molecule has 3 aromatic rings. The van der Waals surface area contributed by atoms with Crippen molar-refractivity contribution >= 4 is 38.5 Å². The van der Waals surface area contributed by atoms with Crippen LogP contribution in [-0.2, 0) is 10.0 Å². The second-order valence-corrected chi connectivity index (χ2v) is 9.42. The number of para-hydroxylation sites is 1. The molecular weight excluding hydrogens is 412 g/mol. The van der Waals surface area contributed by atoms with Gasteiger partial charge in [-0.3, -0.25) is 0 Å². The average Bonchev–Trinajstić information content (AvgIpc) is 3.08. The van der Waals surface area contributed by atoms with E-state index in [4.69, 9.17) is 11.6 Å². The summed E-state index contributed by atoms with van der Waals surface area (Å²) in [6.07, 6.45) is 4.73. The molecule has 0 amide bonds. The van der Waals surface area contributed by atoms with Gasteiger partial charge in [-0.2, -0.15) is 0 Å². The van der Waals surface area contributed by atoms with Crippen LogP contribution in [0.5, 0.6) is 0 Å². The minimum Gasteiger partial charge on any atom is -0.478 e. The topological polar surface area (TPSA) is 99.3 Å². The summed E-state index contributed by atoms with van der Waals surface area (Å²) in [6.45, 7) is 0. The van der Waals surface area contributed by atoms with Crippen LogP contribution < -0.4 is 4.72 Å². The Morgan fingerprint density at radius 1 is 1.10 bits per heavy atom. The zero-order valence-electron chi connectivity index (χ0n) is 15.6. The zero-order valence-corrected chi connectivity index (χ0v) is 17.2. The van der Waals surface area contributed by atoms with Crippen LogP contribution in [0.2, 0.25) is 5.02 Å². The fraction of sp³-hybridized carbons (Fsp3) is 0.286. The summed E-state index contributed by atoms with van der Waals surface area (Å²) in [4.78, 5) is 15.0. The van der Waals surface area contributed by atoms with E-state index in [2.05, 4.69) is 9.71 Å². The Morgan fingerprint density at radius 3 is 2.55 bits per heavy atom. The Hall–Kier alpha value is -2.35. The van der Waals surface area contributed by atoms with Gasteiger partial charge in [0, 0.05) is 22.5 Å². The molecule has 0 atom stereocenters. The lowest BCUT2D eigenvalue weighted by Gasteiger charge is -2.23. The third-order valence-electron chi connectivity index (χ3n) is 5.36. The number of benzene rings is 2. The molecule has 0 radical (unpaired) electrons. The van der Waals surface area contributed by atoms with E-state index in [1.165, 1.54) is 12.1 Å². The molecule has 6 nitrogen and oxygen atoms in total. The van der Waals surface area contributed by atoms with Gasteiger partial charge in [0.25, 0.3) is 0 Å². The van der Waals surface area contributed by atoms with Crippen LogP contribution in [0, 0.1) is 0 Å². The normalized spacial score (nSPS) is 15.6. The molecular formula is C21H21ClN2O4S. The van der Waals surface area contributed by atoms with Gasteiger partial charge in [0.15, 0.2) is 0 Å². The first-order valence-corrected chi connectivity index (χ1v) is 11.4. The van der Waals surface area contributed by atoms with Crippen molar-refractivity contribution in [2.75, 3.05) is 0 Å². The lowest BCUT2D eigenvalue weighted by molar-refractivity contribution is 0.0700. The predicted octanol–water partition coefficient (Wildman–Crippen LogP) is 4.80. The van der Waals surface area contributed by atoms with Gasteiger partial charge in [0.1, 0.15) is 4.90 Å². The summed E-state index contributed by atoms with van der Waals surface area (Å²) >= 11 is 6.22. The minimum atomic E-state index is -3.83. The largest absolute Gasteiger partial charge is 0.478 e. The molecule has 0 unspecified atom stereocenters. The number of sulfonamides is 1. The molecule has 1 saturated carbocycles. The smallest absolute Gasteiger partial charge is 0.338 e. The molecule has 4 rings (SSSR count). The molecule has 29 heavy (non-hydrogen) atoms. The Labute approximate surface area is 173 Å². The number of H-pyrrole nitrogens is 1. The summed E-state index contributed by atoms with van der Waals surface area (Å²) in [6, 6.07) is 11.5. The molecule has 2 aromatic carbocycles. The van der Waals surface area contributed by atoms with E-state index in [9.17, 15) is 18.3 Å². The third-order valence-corrected chi connectivity index (χ3v) is 7.36. The van der Waals surface area contributed by atoms with Gasteiger partial charge in [0.05, 0.1) is 16.3 Å².